The average Bonchev–Trinajstić information content (AvgIpc) is 2.81. The summed E-state index contributed by atoms with van der Waals surface area (Å²) in [6.07, 6.45) is 0.795. The van der Waals surface area contributed by atoms with Crippen molar-refractivity contribution in [2.75, 3.05) is 5.73 Å². The molecular formula is C15H16N4OS. The third kappa shape index (κ3) is 2.67. The lowest BCUT2D eigenvalue weighted by molar-refractivity contribution is 0.460. The molecule has 0 spiro atoms. The number of rotatable bonds is 3. The van der Waals surface area contributed by atoms with E-state index < -0.39 is 0 Å². The standard InChI is InChI=1S/C15H16N4OS/c1-4-11-12(6-5-8(2)17-11)20-13-10-7-9(3)21-14(10)19-15(16)18-13/h5-7H,4H2,1-3H3,(H2,16,18,19). The van der Waals surface area contributed by atoms with Crippen LogP contribution in [0.5, 0.6) is 11.6 Å². The van der Waals surface area contributed by atoms with Gasteiger partial charge in [0.1, 0.15) is 4.83 Å². The summed E-state index contributed by atoms with van der Waals surface area (Å²) in [5.74, 6) is 1.42. The summed E-state index contributed by atoms with van der Waals surface area (Å²) in [6, 6.07) is 5.86. The summed E-state index contributed by atoms with van der Waals surface area (Å²) < 4.78 is 5.98. The molecule has 0 fully saturated rings. The highest BCUT2D eigenvalue weighted by molar-refractivity contribution is 7.18. The fourth-order valence-corrected chi connectivity index (χ4v) is 3.03. The molecular weight excluding hydrogens is 284 g/mol. The van der Waals surface area contributed by atoms with Crippen molar-refractivity contribution in [1.82, 2.24) is 15.0 Å². The largest absolute Gasteiger partial charge is 0.436 e. The Bertz CT molecular complexity index is 813. The zero-order valence-electron chi connectivity index (χ0n) is 12.2. The summed E-state index contributed by atoms with van der Waals surface area (Å²) in [4.78, 5) is 15.0. The topological polar surface area (TPSA) is 73.9 Å². The van der Waals surface area contributed by atoms with Crippen molar-refractivity contribution in [3.63, 3.8) is 0 Å². The molecule has 108 valence electrons. The van der Waals surface area contributed by atoms with E-state index in [1.54, 1.807) is 11.3 Å². The molecule has 3 heterocycles. The molecule has 2 N–H and O–H groups in total. The number of hydrogen-bond donors (Lipinski definition) is 1. The number of anilines is 1. The molecule has 3 aromatic heterocycles. The van der Waals surface area contributed by atoms with Crippen LogP contribution in [0.1, 0.15) is 23.2 Å². The number of nitrogens with two attached hydrogens (primary N) is 1. The number of pyridine rings is 1. The Morgan fingerprint density at radius 3 is 2.76 bits per heavy atom. The normalized spacial score (nSPS) is 11.0. The van der Waals surface area contributed by atoms with Gasteiger partial charge in [0.2, 0.25) is 11.8 Å². The monoisotopic (exact) mass is 300 g/mol. The number of aryl methyl sites for hydroxylation is 3. The van der Waals surface area contributed by atoms with Crippen LogP contribution in [0.2, 0.25) is 0 Å². The van der Waals surface area contributed by atoms with E-state index in [2.05, 4.69) is 15.0 Å². The quantitative estimate of drug-likeness (QED) is 0.799. The van der Waals surface area contributed by atoms with Crippen LogP contribution in [0.3, 0.4) is 0 Å². The van der Waals surface area contributed by atoms with Crippen LogP contribution in [0.15, 0.2) is 18.2 Å². The molecule has 0 saturated carbocycles. The number of ether oxygens (including phenoxy) is 1. The number of hydrogen-bond acceptors (Lipinski definition) is 6. The van der Waals surface area contributed by atoms with Gasteiger partial charge < -0.3 is 10.5 Å². The molecule has 0 aromatic carbocycles. The molecule has 5 nitrogen and oxygen atoms in total. The Labute approximate surface area is 126 Å². The second-order valence-corrected chi connectivity index (χ2v) is 6.05. The Kier molecular flexibility index (Phi) is 3.47. The van der Waals surface area contributed by atoms with Crippen molar-refractivity contribution in [2.24, 2.45) is 0 Å². The number of fused-ring (bicyclic) bond motifs is 1. The molecule has 0 radical (unpaired) electrons. The van der Waals surface area contributed by atoms with E-state index in [1.807, 2.05) is 39.0 Å². The predicted octanol–water partition coefficient (Wildman–Crippen LogP) is 3.64. The number of thiophene rings is 1. The van der Waals surface area contributed by atoms with Gasteiger partial charge in [-0.2, -0.15) is 4.98 Å². The SMILES string of the molecule is CCc1nc(C)ccc1Oc1nc(N)nc2sc(C)cc12. The number of aromatic nitrogens is 3. The third-order valence-electron chi connectivity index (χ3n) is 3.11. The van der Waals surface area contributed by atoms with E-state index in [0.717, 1.165) is 32.9 Å². The highest BCUT2D eigenvalue weighted by Gasteiger charge is 2.13. The van der Waals surface area contributed by atoms with Crippen molar-refractivity contribution in [1.29, 1.82) is 0 Å². The molecule has 0 aliphatic rings. The van der Waals surface area contributed by atoms with Gasteiger partial charge in [0.25, 0.3) is 0 Å². The van der Waals surface area contributed by atoms with Gasteiger partial charge in [0.05, 0.1) is 11.1 Å². The van der Waals surface area contributed by atoms with Crippen molar-refractivity contribution in [3.05, 3.63) is 34.5 Å². The zero-order valence-corrected chi connectivity index (χ0v) is 13.0. The first-order valence-electron chi connectivity index (χ1n) is 6.75. The van der Waals surface area contributed by atoms with Crippen LogP contribution in [0.4, 0.5) is 5.95 Å². The van der Waals surface area contributed by atoms with Gasteiger partial charge in [0.15, 0.2) is 5.75 Å². The lowest BCUT2D eigenvalue weighted by Crippen LogP contribution is -2.00. The second-order valence-electron chi connectivity index (χ2n) is 4.82. The first-order chi connectivity index (χ1) is 10.1. The maximum atomic E-state index is 5.98. The maximum Gasteiger partial charge on any atom is 0.232 e. The summed E-state index contributed by atoms with van der Waals surface area (Å²) in [7, 11) is 0. The molecule has 0 saturated heterocycles. The Balaban J connectivity index is 2.09. The molecule has 0 aliphatic carbocycles. The fourth-order valence-electron chi connectivity index (χ4n) is 2.16. The van der Waals surface area contributed by atoms with Crippen LogP contribution in [0.25, 0.3) is 10.2 Å². The molecule has 6 heteroatoms. The molecule has 0 unspecified atom stereocenters. The summed E-state index contributed by atoms with van der Waals surface area (Å²) in [6.45, 7) is 6.04. The van der Waals surface area contributed by atoms with Crippen molar-refractivity contribution < 1.29 is 4.74 Å². The van der Waals surface area contributed by atoms with Crippen molar-refractivity contribution in [3.8, 4) is 11.6 Å². The molecule has 0 atom stereocenters. The highest BCUT2D eigenvalue weighted by atomic mass is 32.1. The maximum absolute atomic E-state index is 5.98. The molecule has 0 bridgehead atoms. The van der Waals surface area contributed by atoms with Gasteiger partial charge in [-0.05, 0) is 38.5 Å². The van der Waals surface area contributed by atoms with Crippen molar-refractivity contribution in [2.45, 2.75) is 27.2 Å². The van der Waals surface area contributed by atoms with E-state index in [1.165, 1.54) is 0 Å². The Morgan fingerprint density at radius 1 is 1.19 bits per heavy atom. The molecule has 21 heavy (non-hydrogen) atoms. The first kappa shape index (κ1) is 13.8. The van der Waals surface area contributed by atoms with Gasteiger partial charge in [-0.3, -0.25) is 4.98 Å². The minimum Gasteiger partial charge on any atom is -0.436 e. The van der Waals surface area contributed by atoms with Gasteiger partial charge in [-0.15, -0.1) is 11.3 Å². The molecule has 0 aliphatic heterocycles. The lowest BCUT2D eigenvalue weighted by Gasteiger charge is -2.10. The lowest BCUT2D eigenvalue weighted by atomic mass is 10.2. The van der Waals surface area contributed by atoms with Gasteiger partial charge in [-0.25, -0.2) is 4.98 Å². The fraction of sp³-hybridized carbons (Fsp3) is 0.267. The van der Waals surface area contributed by atoms with Crippen LogP contribution in [0, 0.1) is 13.8 Å². The van der Waals surface area contributed by atoms with E-state index >= 15 is 0 Å². The average molecular weight is 300 g/mol. The minimum absolute atomic E-state index is 0.220. The third-order valence-corrected chi connectivity index (χ3v) is 4.06. The van der Waals surface area contributed by atoms with Gasteiger partial charge in [-0.1, -0.05) is 6.92 Å². The minimum atomic E-state index is 0.220. The Morgan fingerprint density at radius 2 is 2.00 bits per heavy atom. The van der Waals surface area contributed by atoms with Gasteiger partial charge in [0, 0.05) is 10.6 Å². The molecule has 3 aromatic rings. The number of nitrogen functional groups attached to an aromatic ring is 1. The Hall–Kier alpha value is -2.21. The van der Waals surface area contributed by atoms with Crippen LogP contribution in [-0.4, -0.2) is 15.0 Å². The van der Waals surface area contributed by atoms with E-state index in [4.69, 9.17) is 10.5 Å². The van der Waals surface area contributed by atoms with E-state index in [0.29, 0.717) is 11.6 Å². The predicted molar refractivity (Wildman–Crippen MR) is 85.0 cm³/mol. The summed E-state index contributed by atoms with van der Waals surface area (Å²) >= 11 is 1.58. The number of nitrogens with zero attached hydrogens (tertiary/aromatic N) is 3. The molecule has 3 rings (SSSR count). The highest BCUT2D eigenvalue weighted by Crippen LogP contribution is 2.34. The first-order valence-corrected chi connectivity index (χ1v) is 7.56. The van der Waals surface area contributed by atoms with E-state index in [-0.39, 0.29) is 5.95 Å². The smallest absolute Gasteiger partial charge is 0.232 e. The van der Waals surface area contributed by atoms with Crippen LogP contribution >= 0.6 is 11.3 Å². The zero-order chi connectivity index (χ0) is 15.0. The summed E-state index contributed by atoms with van der Waals surface area (Å²) in [5.41, 5.74) is 7.65. The van der Waals surface area contributed by atoms with Crippen LogP contribution < -0.4 is 10.5 Å². The van der Waals surface area contributed by atoms with Crippen LogP contribution in [-0.2, 0) is 6.42 Å². The van der Waals surface area contributed by atoms with Gasteiger partial charge >= 0.3 is 0 Å². The molecule has 0 amide bonds. The summed E-state index contributed by atoms with van der Waals surface area (Å²) in [5, 5.41) is 0.884. The second kappa shape index (κ2) is 5.29. The van der Waals surface area contributed by atoms with Crippen molar-refractivity contribution >= 4 is 27.5 Å². The van der Waals surface area contributed by atoms with E-state index in [9.17, 15) is 0 Å².